The molecule has 0 aliphatic carbocycles. The van der Waals surface area contributed by atoms with Crippen molar-refractivity contribution in [3.63, 3.8) is 0 Å². The number of benzene rings is 1. The van der Waals surface area contributed by atoms with Gasteiger partial charge in [-0.05, 0) is 49.7 Å². The molecule has 0 atom stereocenters. The summed E-state index contributed by atoms with van der Waals surface area (Å²) in [7, 11) is 0. The molecule has 30 heavy (non-hydrogen) atoms. The molecule has 0 radical (unpaired) electrons. The van der Waals surface area contributed by atoms with Gasteiger partial charge >= 0.3 is 0 Å². The molecular weight excluding hydrogens is 425 g/mol. The van der Waals surface area contributed by atoms with E-state index in [4.69, 9.17) is 27.6 Å². The van der Waals surface area contributed by atoms with Crippen LogP contribution in [0.5, 0.6) is 0 Å². The number of furan rings is 1. The van der Waals surface area contributed by atoms with Crippen molar-refractivity contribution < 1.29 is 9.21 Å². The first-order chi connectivity index (χ1) is 14.4. The van der Waals surface area contributed by atoms with Gasteiger partial charge in [0.2, 0.25) is 0 Å². The summed E-state index contributed by atoms with van der Waals surface area (Å²) in [6.45, 7) is 4.66. The number of aryl methyl sites for hydroxylation is 1. The van der Waals surface area contributed by atoms with Gasteiger partial charge in [0.25, 0.3) is 5.91 Å². The third-order valence-electron chi connectivity index (χ3n) is 4.72. The number of halogens is 2. The van der Waals surface area contributed by atoms with Gasteiger partial charge in [-0.25, -0.2) is 0 Å². The quantitative estimate of drug-likeness (QED) is 0.457. The summed E-state index contributed by atoms with van der Waals surface area (Å²) in [5, 5.41) is 12.7. The van der Waals surface area contributed by atoms with Gasteiger partial charge in [0.15, 0.2) is 5.76 Å². The van der Waals surface area contributed by atoms with E-state index in [0.29, 0.717) is 40.3 Å². The molecule has 0 saturated heterocycles. The minimum absolute atomic E-state index is 0.226. The maximum Gasteiger partial charge on any atom is 0.291 e. The minimum atomic E-state index is -0.336. The highest BCUT2D eigenvalue weighted by Gasteiger charge is 2.18. The number of carbonyl (C=O) groups excluding carboxylic acids is 1. The van der Waals surface area contributed by atoms with Crippen molar-refractivity contribution >= 4 is 34.8 Å². The summed E-state index contributed by atoms with van der Waals surface area (Å²) in [5.74, 6) is 0.534. The zero-order chi connectivity index (χ0) is 21.3. The molecule has 0 fully saturated rings. The van der Waals surface area contributed by atoms with E-state index in [-0.39, 0.29) is 11.7 Å². The molecule has 3 aromatic heterocycles. The Hall–Kier alpha value is -3.03. The first-order valence-corrected chi connectivity index (χ1v) is 10.0. The number of nitrogens with zero attached hydrogens (tertiary/aromatic N) is 4. The highest BCUT2D eigenvalue weighted by atomic mass is 35.5. The fourth-order valence-corrected chi connectivity index (χ4v) is 3.62. The van der Waals surface area contributed by atoms with Crippen LogP contribution >= 0.6 is 23.2 Å². The smallest absolute Gasteiger partial charge is 0.291 e. The van der Waals surface area contributed by atoms with Crippen LogP contribution in [0.25, 0.3) is 0 Å². The lowest BCUT2D eigenvalue weighted by atomic mass is 10.2. The van der Waals surface area contributed by atoms with Gasteiger partial charge in [-0.15, -0.1) is 0 Å². The van der Waals surface area contributed by atoms with Crippen LogP contribution in [-0.2, 0) is 13.1 Å². The molecule has 0 unspecified atom stereocenters. The highest BCUT2D eigenvalue weighted by molar-refractivity contribution is 6.35. The number of carbonyl (C=O) groups is 1. The third kappa shape index (κ3) is 4.27. The average molecular weight is 444 g/mol. The third-order valence-corrected chi connectivity index (χ3v) is 5.30. The van der Waals surface area contributed by atoms with Crippen LogP contribution in [0.3, 0.4) is 0 Å². The Balaban J connectivity index is 1.49. The van der Waals surface area contributed by atoms with Gasteiger partial charge in [-0.1, -0.05) is 29.3 Å². The minimum Gasteiger partial charge on any atom is -0.454 e. The second kappa shape index (κ2) is 8.38. The molecule has 4 rings (SSSR count). The van der Waals surface area contributed by atoms with Crippen molar-refractivity contribution in [1.29, 1.82) is 0 Å². The Morgan fingerprint density at radius 2 is 2.00 bits per heavy atom. The van der Waals surface area contributed by atoms with Gasteiger partial charge in [0.05, 0.1) is 30.2 Å². The van der Waals surface area contributed by atoms with Gasteiger partial charge in [0, 0.05) is 22.4 Å². The molecule has 1 aromatic carbocycles. The molecule has 7 nitrogen and oxygen atoms in total. The van der Waals surface area contributed by atoms with E-state index in [9.17, 15) is 4.79 Å². The van der Waals surface area contributed by atoms with Crippen molar-refractivity contribution in [2.75, 3.05) is 5.32 Å². The number of amides is 1. The van der Waals surface area contributed by atoms with E-state index in [2.05, 4.69) is 15.5 Å². The van der Waals surface area contributed by atoms with Gasteiger partial charge < -0.3 is 9.73 Å². The number of hydrogen-bond donors (Lipinski definition) is 1. The zero-order valence-electron chi connectivity index (χ0n) is 16.4. The van der Waals surface area contributed by atoms with E-state index < -0.39 is 0 Å². The molecule has 3 heterocycles. The van der Waals surface area contributed by atoms with Crippen LogP contribution in [0.15, 0.2) is 53.2 Å². The fourth-order valence-electron chi connectivity index (χ4n) is 3.16. The summed E-state index contributed by atoms with van der Waals surface area (Å²) in [4.78, 5) is 12.7. The van der Waals surface area contributed by atoms with Gasteiger partial charge in [-0.3, -0.25) is 14.2 Å². The first-order valence-electron chi connectivity index (χ1n) is 9.26. The summed E-state index contributed by atoms with van der Waals surface area (Å²) >= 11 is 12.3. The second-order valence-corrected chi connectivity index (χ2v) is 7.71. The van der Waals surface area contributed by atoms with Crippen LogP contribution in [-0.4, -0.2) is 25.5 Å². The van der Waals surface area contributed by atoms with Gasteiger partial charge in [0.1, 0.15) is 5.76 Å². The molecule has 154 valence electrons. The van der Waals surface area contributed by atoms with Crippen LogP contribution < -0.4 is 5.32 Å². The monoisotopic (exact) mass is 443 g/mol. The zero-order valence-corrected chi connectivity index (χ0v) is 17.9. The molecule has 4 aromatic rings. The lowest BCUT2D eigenvalue weighted by Crippen LogP contribution is -2.12. The average Bonchev–Trinajstić information content (AvgIpc) is 3.43. The van der Waals surface area contributed by atoms with E-state index in [1.165, 1.54) is 0 Å². The van der Waals surface area contributed by atoms with Crippen LogP contribution in [0.4, 0.5) is 5.69 Å². The normalized spacial score (nSPS) is 11.1. The van der Waals surface area contributed by atoms with Crippen LogP contribution in [0.2, 0.25) is 10.0 Å². The second-order valence-electron chi connectivity index (χ2n) is 6.86. The number of hydrogen-bond acceptors (Lipinski definition) is 4. The molecule has 1 N–H and O–H groups in total. The highest BCUT2D eigenvalue weighted by Crippen LogP contribution is 2.25. The Kier molecular flexibility index (Phi) is 5.65. The SMILES string of the molecule is Cc1nn(Cc2ccc(Cl)cc2Cl)c(C)c1NC(=O)c1ccc(Cn2cccn2)o1. The van der Waals surface area contributed by atoms with Gasteiger partial charge in [-0.2, -0.15) is 10.2 Å². The number of rotatable bonds is 6. The van der Waals surface area contributed by atoms with E-state index in [0.717, 1.165) is 11.3 Å². The summed E-state index contributed by atoms with van der Waals surface area (Å²) in [6.07, 6.45) is 3.52. The summed E-state index contributed by atoms with van der Waals surface area (Å²) < 4.78 is 9.19. The fraction of sp³-hybridized carbons (Fsp3) is 0.190. The van der Waals surface area contributed by atoms with Crippen molar-refractivity contribution in [3.05, 3.63) is 87.3 Å². The van der Waals surface area contributed by atoms with Crippen molar-refractivity contribution in [1.82, 2.24) is 19.6 Å². The molecule has 0 saturated carbocycles. The molecule has 0 aliphatic rings. The predicted molar refractivity (Wildman–Crippen MR) is 115 cm³/mol. The van der Waals surface area contributed by atoms with Crippen LogP contribution in [0, 0.1) is 13.8 Å². The van der Waals surface area contributed by atoms with Crippen molar-refractivity contribution in [3.8, 4) is 0 Å². The Labute approximate surface area is 183 Å². The topological polar surface area (TPSA) is 77.9 Å². The molecular formula is C21H19Cl2N5O2. The van der Waals surface area contributed by atoms with Crippen LogP contribution in [0.1, 0.15) is 33.3 Å². The number of aromatic nitrogens is 4. The maximum atomic E-state index is 12.7. The number of nitrogens with one attached hydrogen (secondary N) is 1. The maximum absolute atomic E-state index is 12.7. The van der Waals surface area contributed by atoms with E-state index in [1.807, 2.05) is 32.2 Å². The van der Waals surface area contributed by atoms with Crippen molar-refractivity contribution in [2.45, 2.75) is 26.9 Å². The molecule has 0 spiro atoms. The lowest BCUT2D eigenvalue weighted by Gasteiger charge is -2.08. The molecule has 0 aliphatic heterocycles. The largest absolute Gasteiger partial charge is 0.454 e. The Morgan fingerprint density at radius 1 is 1.17 bits per heavy atom. The predicted octanol–water partition coefficient (Wildman–Crippen LogP) is 4.95. The Bertz CT molecular complexity index is 1190. The standard InChI is InChI=1S/C21H19Cl2N5O2/c1-13-20(14(2)28(26-13)11-15-4-5-16(22)10-18(15)23)25-21(29)19-7-6-17(30-19)12-27-9-3-8-24-27/h3-10H,11-12H2,1-2H3,(H,25,29). The summed E-state index contributed by atoms with van der Waals surface area (Å²) in [6, 6.07) is 10.6. The summed E-state index contributed by atoms with van der Waals surface area (Å²) in [5.41, 5.74) is 3.05. The molecule has 0 bridgehead atoms. The Morgan fingerprint density at radius 3 is 2.73 bits per heavy atom. The lowest BCUT2D eigenvalue weighted by molar-refractivity contribution is 0.0994. The van der Waals surface area contributed by atoms with E-state index >= 15 is 0 Å². The van der Waals surface area contributed by atoms with Crippen molar-refractivity contribution in [2.24, 2.45) is 0 Å². The molecule has 1 amide bonds. The molecule has 9 heteroatoms. The first kappa shape index (κ1) is 20.3. The van der Waals surface area contributed by atoms with E-state index in [1.54, 1.807) is 39.8 Å². The number of anilines is 1.